The third-order valence-electron chi connectivity index (χ3n) is 5.79. The third-order valence-corrected chi connectivity index (χ3v) is 5.79. The van der Waals surface area contributed by atoms with Gasteiger partial charge in [0.25, 0.3) is 0 Å². The molecule has 1 fully saturated rings. The summed E-state index contributed by atoms with van der Waals surface area (Å²) in [5, 5.41) is 0. The van der Waals surface area contributed by atoms with E-state index in [1.165, 1.54) is 11.1 Å². The lowest BCUT2D eigenvalue weighted by molar-refractivity contribution is -0.139. The van der Waals surface area contributed by atoms with Gasteiger partial charge in [0.05, 0.1) is 6.04 Å². The van der Waals surface area contributed by atoms with Crippen LogP contribution in [0.25, 0.3) is 0 Å². The fraction of sp³-hybridized carbons (Fsp3) is 0.650. The van der Waals surface area contributed by atoms with Crippen LogP contribution in [0.3, 0.4) is 0 Å². The second-order valence-electron chi connectivity index (χ2n) is 7.76. The average Bonchev–Trinajstić information content (AvgIpc) is 2.55. The number of hydrogen-bond donors (Lipinski definition) is 0. The Hall–Kier alpha value is -1.35. The average molecular weight is 314 g/mol. The van der Waals surface area contributed by atoms with Crippen molar-refractivity contribution in [2.24, 2.45) is 5.92 Å². The fourth-order valence-corrected chi connectivity index (χ4v) is 4.40. The van der Waals surface area contributed by atoms with Crippen LogP contribution in [0.15, 0.2) is 24.3 Å². The molecular formula is C20H30N2O. The van der Waals surface area contributed by atoms with Crippen LogP contribution in [0, 0.1) is 5.92 Å². The molecule has 1 unspecified atom stereocenters. The standard InChI is InChI=1S/C20H30N2O/c1-5-15(6-2)19(23)21-11-12-22-14-20(3,4)17-10-8-7-9-16(17)18(22)13-21/h7-10,15,18H,5-6,11-14H2,1-4H3. The maximum atomic E-state index is 12.8. The maximum absolute atomic E-state index is 12.8. The number of fused-ring (bicyclic) bond motifs is 3. The van der Waals surface area contributed by atoms with Crippen molar-refractivity contribution < 1.29 is 4.79 Å². The Bertz CT molecular complexity index is 577. The van der Waals surface area contributed by atoms with Gasteiger partial charge in [0.1, 0.15) is 0 Å². The van der Waals surface area contributed by atoms with Gasteiger partial charge in [-0.25, -0.2) is 0 Å². The van der Waals surface area contributed by atoms with Crippen LogP contribution in [-0.4, -0.2) is 41.9 Å². The summed E-state index contributed by atoms with van der Waals surface area (Å²) >= 11 is 0. The molecule has 2 aliphatic rings. The number of rotatable bonds is 3. The lowest BCUT2D eigenvalue weighted by atomic mass is 9.75. The third kappa shape index (κ3) is 2.91. The van der Waals surface area contributed by atoms with Crippen LogP contribution in [0.5, 0.6) is 0 Å². The molecule has 0 bridgehead atoms. The van der Waals surface area contributed by atoms with Crippen LogP contribution >= 0.6 is 0 Å². The largest absolute Gasteiger partial charge is 0.339 e. The Morgan fingerprint density at radius 3 is 2.61 bits per heavy atom. The van der Waals surface area contributed by atoms with Gasteiger partial charge in [0, 0.05) is 37.5 Å². The van der Waals surface area contributed by atoms with Crippen molar-refractivity contribution in [2.45, 2.75) is 52.0 Å². The Morgan fingerprint density at radius 2 is 1.91 bits per heavy atom. The molecule has 23 heavy (non-hydrogen) atoms. The van der Waals surface area contributed by atoms with Gasteiger partial charge >= 0.3 is 0 Å². The van der Waals surface area contributed by atoms with Crippen LogP contribution in [0.1, 0.15) is 57.7 Å². The minimum atomic E-state index is 0.189. The molecule has 1 aromatic rings. The number of nitrogens with zero attached hydrogens (tertiary/aromatic N) is 2. The fourth-order valence-electron chi connectivity index (χ4n) is 4.40. The number of amides is 1. The zero-order valence-electron chi connectivity index (χ0n) is 15.0. The Morgan fingerprint density at radius 1 is 1.22 bits per heavy atom. The molecule has 1 amide bonds. The highest BCUT2D eigenvalue weighted by Gasteiger charge is 2.41. The molecule has 0 aromatic heterocycles. The number of carbonyl (C=O) groups excluding carboxylic acids is 1. The van der Waals surface area contributed by atoms with E-state index in [1.54, 1.807) is 0 Å². The van der Waals surface area contributed by atoms with E-state index >= 15 is 0 Å². The Balaban J connectivity index is 1.86. The van der Waals surface area contributed by atoms with E-state index in [2.05, 4.69) is 61.8 Å². The number of hydrogen-bond acceptors (Lipinski definition) is 2. The van der Waals surface area contributed by atoms with Crippen LogP contribution in [-0.2, 0) is 10.2 Å². The van der Waals surface area contributed by atoms with E-state index in [9.17, 15) is 4.79 Å². The smallest absolute Gasteiger partial charge is 0.225 e. The van der Waals surface area contributed by atoms with Gasteiger partial charge in [0.15, 0.2) is 0 Å². The van der Waals surface area contributed by atoms with E-state index in [0.717, 1.165) is 39.0 Å². The Labute approximate surface area is 140 Å². The van der Waals surface area contributed by atoms with Gasteiger partial charge < -0.3 is 4.90 Å². The molecule has 0 spiro atoms. The van der Waals surface area contributed by atoms with Gasteiger partial charge in [-0.1, -0.05) is 52.0 Å². The van der Waals surface area contributed by atoms with Gasteiger partial charge in [-0.2, -0.15) is 0 Å². The highest BCUT2D eigenvalue weighted by Crippen LogP contribution is 2.41. The molecule has 3 rings (SSSR count). The molecule has 0 N–H and O–H groups in total. The predicted molar refractivity (Wildman–Crippen MR) is 94.4 cm³/mol. The molecule has 3 heteroatoms. The van der Waals surface area contributed by atoms with Crippen LogP contribution < -0.4 is 0 Å². The minimum absolute atomic E-state index is 0.189. The highest BCUT2D eigenvalue weighted by molar-refractivity contribution is 5.79. The minimum Gasteiger partial charge on any atom is -0.339 e. The molecule has 0 radical (unpaired) electrons. The molecule has 1 atom stereocenters. The second kappa shape index (κ2) is 6.27. The lowest BCUT2D eigenvalue weighted by Gasteiger charge is -2.50. The topological polar surface area (TPSA) is 23.6 Å². The molecule has 2 aliphatic heterocycles. The van der Waals surface area contributed by atoms with Crippen molar-refractivity contribution in [3.05, 3.63) is 35.4 Å². The summed E-state index contributed by atoms with van der Waals surface area (Å²) in [4.78, 5) is 17.5. The molecule has 126 valence electrons. The van der Waals surface area contributed by atoms with E-state index < -0.39 is 0 Å². The van der Waals surface area contributed by atoms with E-state index in [4.69, 9.17) is 0 Å². The Kier molecular flexibility index (Phi) is 4.50. The van der Waals surface area contributed by atoms with Crippen molar-refractivity contribution in [1.29, 1.82) is 0 Å². The number of benzene rings is 1. The molecule has 1 aromatic carbocycles. The maximum Gasteiger partial charge on any atom is 0.225 e. The van der Waals surface area contributed by atoms with Crippen molar-refractivity contribution in [1.82, 2.24) is 9.80 Å². The van der Waals surface area contributed by atoms with Gasteiger partial charge in [0.2, 0.25) is 5.91 Å². The highest BCUT2D eigenvalue weighted by atomic mass is 16.2. The van der Waals surface area contributed by atoms with Crippen molar-refractivity contribution in [3.8, 4) is 0 Å². The van der Waals surface area contributed by atoms with Gasteiger partial charge in [-0.3, -0.25) is 9.69 Å². The molecule has 1 saturated heterocycles. The summed E-state index contributed by atoms with van der Waals surface area (Å²) in [6.45, 7) is 12.7. The number of piperazine rings is 1. The predicted octanol–water partition coefficient (Wildman–Crippen LogP) is 3.60. The summed E-state index contributed by atoms with van der Waals surface area (Å²) in [5.74, 6) is 0.550. The zero-order chi connectivity index (χ0) is 16.6. The quantitative estimate of drug-likeness (QED) is 0.851. The normalized spacial score (nSPS) is 23.5. The molecule has 2 heterocycles. The summed E-state index contributed by atoms with van der Waals surface area (Å²) in [7, 11) is 0. The summed E-state index contributed by atoms with van der Waals surface area (Å²) in [6, 6.07) is 9.19. The van der Waals surface area contributed by atoms with Crippen molar-refractivity contribution >= 4 is 5.91 Å². The van der Waals surface area contributed by atoms with E-state index in [1.807, 2.05) is 0 Å². The monoisotopic (exact) mass is 314 g/mol. The summed E-state index contributed by atoms with van der Waals surface area (Å²) in [6.07, 6.45) is 1.90. The molecular weight excluding hydrogens is 284 g/mol. The van der Waals surface area contributed by atoms with Crippen molar-refractivity contribution in [3.63, 3.8) is 0 Å². The zero-order valence-corrected chi connectivity index (χ0v) is 15.0. The van der Waals surface area contributed by atoms with E-state index in [0.29, 0.717) is 11.9 Å². The summed E-state index contributed by atoms with van der Waals surface area (Å²) < 4.78 is 0. The van der Waals surface area contributed by atoms with Gasteiger partial charge in [-0.05, 0) is 24.0 Å². The SMILES string of the molecule is CCC(CC)C(=O)N1CCN2CC(C)(C)c3ccccc3C2C1. The van der Waals surface area contributed by atoms with Gasteiger partial charge in [-0.15, -0.1) is 0 Å². The summed E-state index contributed by atoms with van der Waals surface area (Å²) in [5.41, 5.74) is 3.07. The number of carbonyl (C=O) groups is 1. The first-order valence-corrected chi connectivity index (χ1v) is 9.10. The molecule has 3 nitrogen and oxygen atoms in total. The lowest BCUT2D eigenvalue weighted by Crippen LogP contribution is -2.56. The molecule has 0 aliphatic carbocycles. The van der Waals surface area contributed by atoms with Crippen LogP contribution in [0.2, 0.25) is 0 Å². The first-order chi connectivity index (χ1) is 11.0. The first kappa shape index (κ1) is 16.5. The first-order valence-electron chi connectivity index (χ1n) is 9.10. The van der Waals surface area contributed by atoms with E-state index in [-0.39, 0.29) is 11.3 Å². The second-order valence-corrected chi connectivity index (χ2v) is 7.76. The van der Waals surface area contributed by atoms with Crippen molar-refractivity contribution in [2.75, 3.05) is 26.2 Å². The molecule has 0 saturated carbocycles. The van der Waals surface area contributed by atoms with Crippen LogP contribution in [0.4, 0.5) is 0 Å².